The van der Waals surface area contributed by atoms with Crippen LogP contribution in [0.1, 0.15) is 11.1 Å². The van der Waals surface area contributed by atoms with Crippen molar-refractivity contribution in [3.8, 4) is 0 Å². The van der Waals surface area contributed by atoms with Gasteiger partial charge in [0.2, 0.25) is 0 Å². The molecule has 2 rings (SSSR count). The molecule has 0 unspecified atom stereocenters. The maximum atomic E-state index is 8.95. The molecule has 0 saturated heterocycles. The molecule has 0 bridgehead atoms. The van der Waals surface area contributed by atoms with Crippen molar-refractivity contribution in [2.75, 3.05) is 31.7 Å². The highest BCUT2D eigenvalue weighted by molar-refractivity contribution is 5.70. The van der Waals surface area contributed by atoms with E-state index in [4.69, 9.17) is 10.2 Å². The molecule has 2 aromatic rings. The van der Waals surface area contributed by atoms with Gasteiger partial charge in [-0.3, -0.25) is 0 Å². The normalized spacial score (nSPS) is 10.6. The van der Waals surface area contributed by atoms with Gasteiger partial charge in [0.15, 0.2) is 18.9 Å². The molecule has 0 saturated carbocycles. The van der Waals surface area contributed by atoms with Crippen LogP contribution < -0.4 is 33.4 Å². The first kappa shape index (κ1) is 19.6. The van der Waals surface area contributed by atoms with Gasteiger partial charge in [-0.1, -0.05) is 24.3 Å². The van der Waals surface area contributed by atoms with Gasteiger partial charge in [0, 0.05) is 31.4 Å². The third-order valence-electron chi connectivity index (χ3n) is 3.51. The summed E-state index contributed by atoms with van der Waals surface area (Å²) in [6.45, 7) is 1.55. The van der Waals surface area contributed by atoms with Gasteiger partial charge in [-0.15, -0.1) is 0 Å². The molecule has 0 amide bonds. The van der Waals surface area contributed by atoms with E-state index in [1.165, 1.54) is 0 Å². The summed E-state index contributed by atoms with van der Waals surface area (Å²) in [6.07, 6.45) is 8.06. The summed E-state index contributed by atoms with van der Waals surface area (Å²) in [5.74, 6) is 0. The molecular weight excluding hydrogens is 403 g/mol. The molecule has 0 spiro atoms. The molecule has 124 valence electrons. The van der Waals surface area contributed by atoms with Crippen molar-refractivity contribution in [2.24, 2.45) is 0 Å². The predicted octanol–water partition coefficient (Wildman–Crippen LogP) is -1.43. The highest BCUT2D eigenvalue weighted by atomic mass is 127. The molecule has 0 radical (unpaired) electrons. The summed E-state index contributed by atoms with van der Waals surface area (Å²) in [5, 5.41) is 17.8. The number of aromatic nitrogens is 1. The number of halogens is 1. The van der Waals surface area contributed by atoms with Gasteiger partial charge < -0.3 is 39.1 Å². The fourth-order valence-corrected chi connectivity index (χ4v) is 2.16. The first-order chi connectivity index (χ1) is 10.7. The van der Waals surface area contributed by atoms with Crippen molar-refractivity contribution in [3.05, 3.63) is 59.9 Å². The lowest BCUT2D eigenvalue weighted by Gasteiger charge is -2.17. The molecule has 2 N–H and O–H groups in total. The Kier molecular flexibility index (Phi) is 8.83. The van der Waals surface area contributed by atoms with E-state index < -0.39 is 0 Å². The number of rotatable bonds is 7. The Morgan fingerprint density at radius 3 is 2.00 bits per heavy atom. The smallest absolute Gasteiger partial charge is 0.171 e. The van der Waals surface area contributed by atoms with Crippen LogP contribution in [0.4, 0.5) is 5.69 Å². The van der Waals surface area contributed by atoms with E-state index in [0.29, 0.717) is 13.1 Å². The number of likely N-dealkylation sites (N-methyl/N-ethyl adjacent to an activating group) is 1. The van der Waals surface area contributed by atoms with E-state index in [9.17, 15) is 0 Å². The summed E-state index contributed by atoms with van der Waals surface area (Å²) < 4.78 is 1.95. The van der Waals surface area contributed by atoms with Crippen LogP contribution in [0.3, 0.4) is 0 Å². The summed E-state index contributed by atoms with van der Waals surface area (Å²) in [6, 6.07) is 12.3. The summed E-state index contributed by atoms with van der Waals surface area (Å²) in [4.78, 5) is 2.02. The number of pyridine rings is 1. The van der Waals surface area contributed by atoms with Crippen molar-refractivity contribution in [1.29, 1.82) is 0 Å². The van der Waals surface area contributed by atoms with Crippen LogP contribution in [0.5, 0.6) is 0 Å². The van der Waals surface area contributed by atoms with Crippen molar-refractivity contribution in [2.45, 2.75) is 6.54 Å². The van der Waals surface area contributed by atoms with Gasteiger partial charge in [-0.2, -0.15) is 0 Å². The van der Waals surface area contributed by atoms with Crippen molar-refractivity contribution in [3.63, 3.8) is 0 Å². The Labute approximate surface area is 154 Å². The Balaban J connectivity index is 0.00000264. The molecule has 1 heterocycles. The zero-order chi connectivity index (χ0) is 15.8. The van der Waals surface area contributed by atoms with Crippen molar-refractivity contribution < 1.29 is 38.8 Å². The van der Waals surface area contributed by atoms with Gasteiger partial charge in [0.05, 0.1) is 6.61 Å². The fraction of sp³-hybridized carbons (Fsp3) is 0.278. The monoisotopic (exact) mass is 426 g/mol. The Morgan fingerprint density at radius 2 is 1.48 bits per heavy atom. The fourth-order valence-electron chi connectivity index (χ4n) is 2.16. The van der Waals surface area contributed by atoms with Crippen LogP contribution in [-0.4, -0.2) is 37.0 Å². The maximum Gasteiger partial charge on any atom is 0.171 e. The zero-order valence-electron chi connectivity index (χ0n) is 13.3. The number of aliphatic hydroxyl groups is 2. The number of hydrogen-bond donors (Lipinski definition) is 2. The van der Waals surface area contributed by atoms with Gasteiger partial charge in [-0.05, 0) is 23.3 Å². The molecule has 23 heavy (non-hydrogen) atoms. The molecular formula is C18H23IN2O2. The van der Waals surface area contributed by atoms with Crippen LogP contribution in [0.25, 0.3) is 12.2 Å². The first-order valence-corrected chi connectivity index (χ1v) is 7.43. The molecule has 1 aromatic heterocycles. The third kappa shape index (κ3) is 6.29. The topological polar surface area (TPSA) is 47.6 Å². The number of benzene rings is 1. The van der Waals surface area contributed by atoms with E-state index in [1.54, 1.807) is 0 Å². The highest BCUT2D eigenvalue weighted by Crippen LogP contribution is 2.15. The third-order valence-corrected chi connectivity index (χ3v) is 3.51. The van der Waals surface area contributed by atoms with Gasteiger partial charge >= 0.3 is 0 Å². The van der Waals surface area contributed by atoms with Crippen LogP contribution >= 0.6 is 0 Å². The minimum Gasteiger partial charge on any atom is -1.00 e. The van der Waals surface area contributed by atoms with E-state index in [0.717, 1.165) is 16.8 Å². The van der Waals surface area contributed by atoms with E-state index in [-0.39, 0.29) is 37.2 Å². The van der Waals surface area contributed by atoms with Crippen LogP contribution in [0.2, 0.25) is 0 Å². The number of hydrogen-bond acceptors (Lipinski definition) is 3. The second-order valence-electron chi connectivity index (χ2n) is 5.16. The summed E-state index contributed by atoms with van der Waals surface area (Å²) in [5.41, 5.74) is 3.35. The Hall–Kier alpha value is -1.44. The predicted molar refractivity (Wildman–Crippen MR) is 89.4 cm³/mol. The van der Waals surface area contributed by atoms with Gasteiger partial charge in [-0.25, -0.2) is 4.57 Å². The molecule has 0 fully saturated rings. The maximum absolute atomic E-state index is 8.95. The molecule has 1 aromatic carbocycles. The Bertz CT molecular complexity index is 597. The molecule has 0 atom stereocenters. The average Bonchev–Trinajstić information content (AvgIpc) is 2.55. The number of anilines is 1. The quantitative estimate of drug-likeness (QED) is 0.422. The Morgan fingerprint density at radius 1 is 0.913 bits per heavy atom. The molecule has 0 aliphatic heterocycles. The summed E-state index contributed by atoms with van der Waals surface area (Å²) >= 11 is 0. The van der Waals surface area contributed by atoms with Crippen molar-refractivity contribution in [1.82, 2.24) is 0 Å². The van der Waals surface area contributed by atoms with E-state index >= 15 is 0 Å². The largest absolute Gasteiger partial charge is 1.00 e. The van der Waals surface area contributed by atoms with Crippen LogP contribution in [-0.2, 0) is 6.54 Å². The van der Waals surface area contributed by atoms with Gasteiger partial charge in [0.1, 0.15) is 6.61 Å². The average molecular weight is 426 g/mol. The minimum absolute atomic E-state index is 0. The van der Waals surface area contributed by atoms with Crippen LogP contribution in [0.15, 0.2) is 48.8 Å². The molecule has 0 aliphatic carbocycles. The van der Waals surface area contributed by atoms with Gasteiger partial charge in [0.25, 0.3) is 0 Å². The second kappa shape index (κ2) is 10.4. The van der Waals surface area contributed by atoms with E-state index in [1.807, 2.05) is 41.0 Å². The molecule has 0 aliphatic rings. The lowest BCUT2D eigenvalue weighted by Crippen LogP contribution is -3.00. The number of nitrogens with zero attached hydrogens (tertiary/aromatic N) is 2. The first-order valence-electron chi connectivity index (χ1n) is 7.43. The SMILES string of the molecule is CN(CCO)c1ccc(C=Cc2cc[n+](CCO)cc2)cc1.[I-]. The standard InChI is InChI=1S/C18H23N2O2.HI/c1-19(12-14-21)18-6-4-16(5-7-18)2-3-17-8-10-20(11-9-17)13-15-22;/h2-11,21-22H,12-15H2,1H3;1H/q+1;/p-1. The molecule has 5 heteroatoms. The minimum atomic E-state index is 0. The van der Waals surface area contributed by atoms with E-state index in [2.05, 4.69) is 36.4 Å². The lowest BCUT2D eigenvalue weighted by atomic mass is 10.1. The van der Waals surface area contributed by atoms with Crippen LogP contribution in [0, 0.1) is 0 Å². The van der Waals surface area contributed by atoms with Crippen molar-refractivity contribution >= 4 is 17.8 Å². The number of aliphatic hydroxyl groups excluding tert-OH is 2. The summed E-state index contributed by atoms with van der Waals surface area (Å²) in [7, 11) is 1.96. The second-order valence-corrected chi connectivity index (χ2v) is 5.16. The lowest BCUT2D eigenvalue weighted by molar-refractivity contribution is -0.698. The molecule has 4 nitrogen and oxygen atoms in total. The zero-order valence-corrected chi connectivity index (χ0v) is 15.4. The highest BCUT2D eigenvalue weighted by Gasteiger charge is 1.99.